The first-order chi connectivity index (χ1) is 13.1. The molecule has 0 unspecified atom stereocenters. The number of hydrogen-bond donors (Lipinski definition) is 1. The van der Waals surface area contributed by atoms with E-state index < -0.39 is 0 Å². The Bertz CT molecular complexity index is 964. The molecule has 1 aromatic carbocycles. The van der Waals surface area contributed by atoms with Crippen molar-refractivity contribution in [3.63, 3.8) is 0 Å². The van der Waals surface area contributed by atoms with E-state index >= 15 is 0 Å². The fraction of sp³-hybridized carbons (Fsp3) is 0.300. The van der Waals surface area contributed by atoms with Crippen LogP contribution in [-0.2, 0) is 17.6 Å². The number of rotatable bonds is 4. The van der Waals surface area contributed by atoms with Gasteiger partial charge in [-0.15, -0.1) is 11.3 Å². The smallest absolute Gasteiger partial charge is 0.233 e. The van der Waals surface area contributed by atoms with Crippen LogP contribution in [0.25, 0.3) is 0 Å². The fourth-order valence-electron chi connectivity index (χ4n) is 3.37. The summed E-state index contributed by atoms with van der Waals surface area (Å²) < 4.78 is 0. The van der Waals surface area contributed by atoms with Crippen LogP contribution in [0.5, 0.6) is 0 Å². The molecule has 6 nitrogen and oxygen atoms in total. The largest absolute Gasteiger partial charge is 0.312 e. The molecule has 0 saturated carbocycles. The highest BCUT2D eigenvalue weighted by molar-refractivity contribution is 7.13. The predicted octanol–water partition coefficient (Wildman–Crippen LogP) is 3.82. The summed E-state index contributed by atoms with van der Waals surface area (Å²) in [5.41, 5.74) is 4.84. The number of para-hydroxylation sites is 1. The topological polar surface area (TPSA) is 71.0 Å². The molecule has 3 heterocycles. The van der Waals surface area contributed by atoms with Crippen LogP contribution in [0.2, 0.25) is 0 Å². The van der Waals surface area contributed by atoms with E-state index in [4.69, 9.17) is 0 Å². The summed E-state index contributed by atoms with van der Waals surface area (Å²) in [7, 11) is 0. The Morgan fingerprint density at radius 1 is 1.19 bits per heavy atom. The molecule has 138 valence electrons. The summed E-state index contributed by atoms with van der Waals surface area (Å²) in [6.07, 6.45) is 2.32. The molecule has 0 aliphatic carbocycles. The van der Waals surface area contributed by atoms with Gasteiger partial charge in [-0.25, -0.2) is 15.0 Å². The summed E-state index contributed by atoms with van der Waals surface area (Å²) in [4.78, 5) is 28.0. The van der Waals surface area contributed by atoms with Crippen molar-refractivity contribution in [1.29, 1.82) is 0 Å². The number of aromatic nitrogens is 3. The number of nitrogens with one attached hydrogen (secondary N) is 1. The Morgan fingerprint density at radius 2 is 1.96 bits per heavy atom. The molecule has 0 saturated heterocycles. The maximum Gasteiger partial charge on any atom is 0.233 e. The van der Waals surface area contributed by atoms with Crippen LogP contribution in [0.1, 0.15) is 29.1 Å². The third-order valence-corrected chi connectivity index (χ3v) is 5.30. The summed E-state index contributed by atoms with van der Waals surface area (Å²) in [5, 5.41) is 5.75. The normalized spacial score (nSPS) is 13.3. The molecule has 7 heteroatoms. The number of fused-ring (bicyclic) bond motifs is 1. The second-order valence-corrected chi connectivity index (χ2v) is 7.56. The quantitative estimate of drug-likeness (QED) is 0.746. The lowest BCUT2D eigenvalue weighted by Gasteiger charge is -2.29. The molecule has 1 aliphatic heterocycles. The zero-order valence-corrected chi connectivity index (χ0v) is 16.2. The highest BCUT2D eigenvalue weighted by Crippen LogP contribution is 2.28. The van der Waals surface area contributed by atoms with E-state index in [9.17, 15) is 4.79 Å². The average Bonchev–Trinajstić information content (AvgIpc) is 3.07. The van der Waals surface area contributed by atoms with E-state index in [2.05, 4.69) is 26.3 Å². The zero-order valence-electron chi connectivity index (χ0n) is 15.4. The zero-order chi connectivity index (χ0) is 18.8. The highest BCUT2D eigenvalue weighted by Gasteiger charge is 2.22. The van der Waals surface area contributed by atoms with Gasteiger partial charge in [-0.3, -0.25) is 4.79 Å². The van der Waals surface area contributed by atoms with E-state index in [1.807, 2.05) is 48.4 Å². The van der Waals surface area contributed by atoms with Gasteiger partial charge in [0.15, 0.2) is 5.13 Å². The fourth-order valence-corrected chi connectivity index (χ4v) is 4.07. The number of carbonyl (C=O) groups excluding carboxylic acids is 1. The van der Waals surface area contributed by atoms with Gasteiger partial charge in [0, 0.05) is 29.0 Å². The number of anilines is 3. The molecule has 4 rings (SSSR count). The molecule has 0 fully saturated rings. The molecule has 27 heavy (non-hydrogen) atoms. The first-order valence-corrected chi connectivity index (χ1v) is 9.88. The molecule has 2 aromatic heterocycles. The lowest BCUT2D eigenvalue weighted by Crippen LogP contribution is -2.36. The van der Waals surface area contributed by atoms with Gasteiger partial charge in [-0.2, -0.15) is 0 Å². The summed E-state index contributed by atoms with van der Waals surface area (Å²) in [5.74, 6) is 0.617. The lowest BCUT2D eigenvalue weighted by molar-refractivity contribution is -0.118. The van der Waals surface area contributed by atoms with Gasteiger partial charge in [-0.1, -0.05) is 18.2 Å². The molecule has 3 aromatic rings. The Labute approximate surface area is 162 Å². The van der Waals surface area contributed by atoms with Crippen molar-refractivity contribution in [2.24, 2.45) is 0 Å². The molecule has 0 spiro atoms. The van der Waals surface area contributed by atoms with E-state index in [0.29, 0.717) is 17.5 Å². The summed E-state index contributed by atoms with van der Waals surface area (Å²) in [6.45, 7) is 4.63. The molecule has 0 radical (unpaired) electrons. The minimum atomic E-state index is 0.0849. The van der Waals surface area contributed by atoms with Gasteiger partial charge in [-0.05, 0) is 44.4 Å². The Balaban J connectivity index is 1.46. The van der Waals surface area contributed by atoms with E-state index in [1.54, 1.807) is 0 Å². The molecule has 1 aliphatic rings. The molecular weight excluding hydrogens is 358 g/mol. The highest BCUT2D eigenvalue weighted by atomic mass is 32.1. The SMILES string of the molecule is Cc1cc(C)nc(Nc2nc(CC(=O)N3CCCc4ccccc43)cs2)n1. The molecule has 0 atom stereocenters. The monoisotopic (exact) mass is 379 g/mol. The average molecular weight is 379 g/mol. The van der Waals surface area contributed by atoms with E-state index in [0.717, 1.165) is 42.2 Å². The van der Waals surface area contributed by atoms with Crippen LogP contribution in [0.3, 0.4) is 0 Å². The maximum absolute atomic E-state index is 12.8. The number of aryl methyl sites for hydroxylation is 3. The van der Waals surface area contributed by atoms with Gasteiger partial charge in [0.05, 0.1) is 12.1 Å². The minimum Gasteiger partial charge on any atom is -0.312 e. The van der Waals surface area contributed by atoms with Crippen molar-refractivity contribution in [3.05, 3.63) is 58.4 Å². The van der Waals surface area contributed by atoms with Crippen molar-refractivity contribution in [1.82, 2.24) is 15.0 Å². The molecule has 1 amide bonds. The number of hydrogen-bond acceptors (Lipinski definition) is 6. The predicted molar refractivity (Wildman–Crippen MR) is 108 cm³/mol. The van der Waals surface area contributed by atoms with Crippen molar-refractivity contribution in [2.75, 3.05) is 16.8 Å². The van der Waals surface area contributed by atoms with Gasteiger partial charge in [0.2, 0.25) is 11.9 Å². The Kier molecular flexibility index (Phi) is 4.85. The molecule has 1 N–H and O–H groups in total. The van der Waals surface area contributed by atoms with Crippen molar-refractivity contribution in [2.45, 2.75) is 33.1 Å². The lowest BCUT2D eigenvalue weighted by atomic mass is 10.0. The first kappa shape index (κ1) is 17.6. The van der Waals surface area contributed by atoms with Gasteiger partial charge in [0.25, 0.3) is 0 Å². The third kappa shape index (κ3) is 3.98. The number of amides is 1. The maximum atomic E-state index is 12.8. The Morgan fingerprint density at radius 3 is 2.78 bits per heavy atom. The van der Waals surface area contributed by atoms with Crippen LogP contribution in [0.4, 0.5) is 16.8 Å². The van der Waals surface area contributed by atoms with Gasteiger partial charge in [0.1, 0.15) is 0 Å². The number of nitrogens with zero attached hydrogens (tertiary/aromatic N) is 4. The van der Waals surface area contributed by atoms with Crippen LogP contribution in [-0.4, -0.2) is 27.4 Å². The van der Waals surface area contributed by atoms with Gasteiger partial charge >= 0.3 is 0 Å². The van der Waals surface area contributed by atoms with Crippen LogP contribution in [0.15, 0.2) is 35.7 Å². The third-order valence-electron chi connectivity index (χ3n) is 4.50. The summed E-state index contributed by atoms with van der Waals surface area (Å²) in [6, 6.07) is 10.1. The second-order valence-electron chi connectivity index (χ2n) is 6.70. The minimum absolute atomic E-state index is 0.0849. The summed E-state index contributed by atoms with van der Waals surface area (Å²) >= 11 is 1.46. The number of carbonyl (C=O) groups is 1. The van der Waals surface area contributed by atoms with Crippen molar-refractivity contribution in [3.8, 4) is 0 Å². The van der Waals surface area contributed by atoms with Crippen molar-refractivity contribution >= 4 is 34.0 Å². The van der Waals surface area contributed by atoms with E-state index in [-0.39, 0.29) is 5.91 Å². The standard InChI is InChI=1S/C20H21N5OS/c1-13-10-14(2)22-19(21-13)24-20-23-16(12-27-20)11-18(26)25-9-5-7-15-6-3-4-8-17(15)25/h3-4,6,8,10,12H,5,7,9,11H2,1-2H3,(H,21,22,23,24). The molecule has 0 bridgehead atoms. The second kappa shape index (κ2) is 7.44. The van der Waals surface area contributed by atoms with Crippen molar-refractivity contribution < 1.29 is 4.79 Å². The Hall–Kier alpha value is -2.80. The molecular formula is C20H21N5OS. The van der Waals surface area contributed by atoms with E-state index in [1.165, 1.54) is 16.9 Å². The first-order valence-electron chi connectivity index (χ1n) is 9.00. The van der Waals surface area contributed by atoms with Crippen LogP contribution >= 0.6 is 11.3 Å². The van der Waals surface area contributed by atoms with Gasteiger partial charge < -0.3 is 10.2 Å². The number of thiazole rings is 1. The van der Waals surface area contributed by atoms with Crippen LogP contribution < -0.4 is 10.2 Å². The number of benzene rings is 1. The van der Waals surface area contributed by atoms with Crippen LogP contribution in [0, 0.1) is 13.8 Å².